The number of benzene rings is 4. The van der Waals surface area contributed by atoms with Crippen molar-refractivity contribution < 1.29 is 4.74 Å². The normalized spacial score (nSPS) is 11.6. The molecule has 0 fully saturated rings. The van der Waals surface area contributed by atoms with E-state index in [1.165, 1.54) is 38.6 Å². The molecule has 3 heterocycles. The summed E-state index contributed by atoms with van der Waals surface area (Å²) < 4.78 is 10.9. The van der Waals surface area contributed by atoms with Crippen LogP contribution in [0.25, 0.3) is 44.4 Å². The topological polar surface area (TPSA) is 44.9 Å². The van der Waals surface area contributed by atoms with Gasteiger partial charge >= 0.3 is 0 Å². The van der Waals surface area contributed by atoms with Gasteiger partial charge in [-0.05, 0) is 102 Å². The van der Waals surface area contributed by atoms with Crippen LogP contribution in [-0.4, -0.2) is 19.3 Å². The maximum absolute atomic E-state index is 6.67. The van der Waals surface area contributed by atoms with Gasteiger partial charge in [-0.3, -0.25) is 4.57 Å². The Bertz CT molecular complexity index is 2160. The molecule has 4 aromatic carbocycles. The fourth-order valence-corrected chi connectivity index (χ4v) is 6.67. The van der Waals surface area contributed by atoms with Gasteiger partial charge in [0.25, 0.3) is 0 Å². The molecule has 0 saturated heterocycles. The van der Waals surface area contributed by atoms with Gasteiger partial charge < -0.3 is 4.74 Å². The summed E-state index contributed by atoms with van der Waals surface area (Å²) in [5, 5.41) is 7.21. The van der Waals surface area contributed by atoms with Crippen molar-refractivity contribution in [2.24, 2.45) is 5.92 Å². The second-order valence-electron chi connectivity index (χ2n) is 12.6. The monoisotopic (exact) mass is 604 g/mol. The highest BCUT2D eigenvalue weighted by atomic mass is 16.5. The number of aromatic nitrogens is 4. The summed E-state index contributed by atoms with van der Waals surface area (Å²) in [6, 6.07) is 32.1. The van der Waals surface area contributed by atoms with Crippen LogP contribution in [0.1, 0.15) is 49.9 Å². The Hall–Kier alpha value is -5.16. The molecule has 0 spiro atoms. The van der Waals surface area contributed by atoms with Crippen LogP contribution in [0.2, 0.25) is 0 Å². The Kier molecular flexibility index (Phi) is 7.91. The fraction of sp³-hybridized carbons (Fsp3) is 0.220. The first-order valence-electron chi connectivity index (χ1n) is 16.4. The van der Waals surface area contributed by atoms with Crippen molar-refractivity contribution in [1.29, 1.82) is 0 Å². The van der Waals surface area contributed by atoms with Gasteiger partial charge in [-0.15, -0.1) is 0 Å². The van der Waals surface area contributed by atoms with Crippen LogP contribution in [0.3, 0.4) is 0 Å². The molecule has 7 aromatic rings. The van der Waals surface area contributed by atoms with E-state index in [1.54, 1.807) is 0 Å². The van der Waals surface area contributed by atoms with E-state index in [0.29, 0.717) is 5.92 Å². The number of hydrogen-bond acceptors (Lipinski definition) is 3. The molecule has 0 unspecified atom stereocenters. The van der Waals surface area contributed by atoms with E-state index in [9.17, 15) is 0 Å². The first-order valence-corrected chi connectivity index (χ1v) is 16.4. The van der Waals surface area contributed by atoms with Gasteiger partial charge in [0.05, 0.1) is 22.9 Å². The zero-order chi connectivity index (χ0) is 31.8. The van der Waals surface area contributed by atoms with Crippen LogP contribution in [0, 0.1) is 12.8 Å². The maximum Gasteiger partial charge on any atom is 0.137 e. The summed E-state index contributed by atoms with van der Waals surface area (Å²) in [6.07, 6.45) is 8.95. The summed E-state index contributed by atoms with van der Waals surface area (Å²) in [6.45, 7) is 11.0. The van der Waals surface area contributed by atoms with Gasteiger partial charge in [-0.25, -0.2) is 9.67 Å². The van der Waals surface area contributed by atoms with Crippen LogP contribution in [0.4, 0.5) is 0 Å². The molecule has 7 rings (SSSR count). The second kappa shape index (κ2) is 12.3. The number of hydrogen-bond donors (Lipinski definition) is 0. The highest BCUT2D eigenvalue weighted by Crippen LogP contribution is 2.36. The minimum atomic E-state index is 0.508. The standard InChI is InChI=1S/C41H40N4O/c1-6-30-11-10-12-31(7-2)41(30)32-25-43-44(26-32)33-21-29(19-27(3)4)22-35(23-33)46-34-15-16-37-36-13-8-9-14-38(36)45(39(37)24-34)40-20-28(5)17-18-42-40/h8-18,20-27H,6-7,19H2,1-5H3. The molecule has 0 aliphatic heterocycles. The third-order valence-electron chi connectivity index (χ3n) is 8.74. The van der Waals surface area contributed by atoms with Crippen LogP contribution in [0.15, 0.2) is 110 Å². The zero-order valence-electron chi connectivity index (χ0n) is 27.3. The molecule has 0 radical (unpaired) electrons. The summed E-state index contributed by atoms with van der Waals surface area (Å²) in [5.74, 6) is 2.98. The lowest BCUT2D eigenvalue weighted by Crippen LogP contribution is -2.00. The van der Waals surface area contributed by atoms with Crippen LogP contribution < -0.4 is 4.74 Å². The quantitative estimate of drug-likeness (QED) is 0.165. The van der Waals surface area contributed by atoms with Crippen molar-refractivity contribution in [2.75, 3.05) is 0 Å². The number of aryl methyl sites for hydroxylation is 3. The van der Waals surface area contributed by atoms with E-state index in [2.05, 4.69) is 130 Å². The van der Waals surface area contributed by atoms with E-state index in [-0.39, 0.29) is 0 Å². The summed E-state index contributed by atoms with van der Waals surface area (Å²) in [5.41, 5.74) is 10.7. The number of ether oxygens (including phenoxy) is 1. The van der Waals surface area contributed by atoms with Gasteiger partial charge in [0.2, 0.25) is 0 Å². The Morgan fingerprint density at radius 3 is 2.30 bits per heavy atom. The van der Waals surface area contributed by atoms with E-state index in [1.807, 2.05) is 23.1 Å². The molecular formula is C41H40N4O. The smallest absolute Gasteiger partial charge is 0.137 e. The Morgan fingerprint density at radius 2 is 1.54 bits per heavy atom. The van der Waals surface area contributed by atoms with Gasteiger partial charge in [-0.1, -0.05) is 64.1 Å². The Labute approximate surface area is 271 Å². The largest absolute Gasteiger partial charge is 0.457 e. The molecule has 0 amide bonds. The molecule has 0 atom stereocenters. The van der Waals surface area contributed by atoms with Crippen LogP contribution in [-0.2, 0) is 19.3 Å². The molecule has 0 saturated carbocycles. The minimum absolute atomic E-state index is 0.508. The summed E-state index contributed by atoms with van der Waals surface area (Å²) in [7, 11) is 0. The highest BCUT2D eigenvalue weighted by molar-refractivity contribution is 6.09. The average molecular weight is 605 g/mol. The van der Waals surface area contributed by atoms with Crippen molar-refractivity contribution in [3.63, 3.8) is 0 Å². The first kappa shape index (κ1) is 29.5. The molecule has 46 heavy (non-hydrogen) atoms. The Balaban J connectivity index is 1.30. The van der Waals surface area contributed by atoms with Crippen molar-refractivity contribution in [1.82, 2.24) is 19.3 Å². The van der Waals surface area contributed by atoms with Crippen molar-refractivity contribution >= 4 is 21.8 Å². The molecule has 0 bridgehead atoms. The lowest BCUT2D eigenvalue weighted by Gasteiger charge is -2.14. The minimum Gasteiger partial charge on any atom is -0.457 e. The number of rotatable bonds is 9. The van der Waals surface area contributed by atoms with E-state index >= 15 is 0 Å². The van der Waals surface area contributed by atoms with Crippen molar-refractivity contribution in [3.05, 3.63) is 132 Å². The molecule has 3 aromatic heterocycles. The van der Waals surface area contributed by atoms with Crippen LogP contribution >= 0.6 is 0 Å². The van der Waals surface area contributed by atoms with E-state index in [4.69, 9.17) is 14.8 Å². The third-order valence-corrected chi connectivity index (χ3v) is 8.74. The van der Waals surface area contributed by atoms with Gasteiger partial charge in [-0.2, -0.15) is 5.10 Å². The van der Waals surface area contributed by atoms with E-state index in [0.717, 1.165) is 58.9 Å². The zero-order valence-corrected chi connectivity index (χ0v) is 27.3. The lowest BCUT2D eigenvalue weighted by atomic mass is 9.94. The Morgan fingerprint density at radius 1 is 0.761 bits per heavy atom. The molecule has 230 valence electrons. The second-order valence-corrected chi connectivity index (χ2v) is 12.6. The van der Waals surface area contributed by atoms with Gasteiger partial charge in [0.1, 0.15) is 17.3 Å². The molecule has 5 heteroatoms. The molecule has 0 N–H and O–H groups in total. The average Bonchev–Trinajstić information content (AvgIpc) is 3.67. The van der Waals surface area contributed by atoms with Gasteiger partial charge in [0.15, 0.2) is 0 Å². The number of nitrogens with zero attached hydrogens (tertiary/aromatic N) is 4. The van der Waals surface area contributed by atoms with Crippen LogP contribution in [0.5, 0.6) is 11.5 Å². The van der Waals surface area contributed by atoms with E-state index < -0.39 is 0 Å². The molecular weight excluding hydrogens is 564 g/mol. The molecule has 0 aliphatic carbocycles. The number of para-hydroxylation sites is 1. The predicted molar refractivity (Wildman–Crippen MR) is 190 cm³/mol. The van der Waals surface area contributed by atoms with Crippen molar-refractivity contribution in [3.8, 4) is 34.1 Å². The molecule has 5 nitrogen and oxygen atoms in total. The fourth-order valence-electron chi connectivity index (χ4n) is 6.67. The summed E-state index contributed by atoms with van der Waals surface area (Å²) in [4.78, 5) is 4.74. The highest BCUT2D eigenvalue weighted by Gasteiger charge is 2.16. The third kappa shape index (κ3) is 5.58. The maximum atomic E-state index is 6.67. The first-order chi connectivity index (χ1) is 22.4. The van der Waals surface area contributed by atoms with Crippen molar-refractivity contribution in [2.45, 2.75) is 53.9 Å². The number of pyridine rings is 1. The lowest BCUT2D eigenvalue weighted by molar-refractivity contribution is 0.481. The number of fused-ring (bicyclic) bond motifs is 3. The summed E-state index contributed by atoms with van der Waals surface area (Å²) >= 11 is 0. The van der Waals surface area contributed by atoms with Gasteiger partial charge in [0, 0.05) is 40.9 Å². The molecule has 0 aliphatic rings. The SMILES string of the molecule is CCc1cccc(CC)c1-c1cnn(-c2cc(CC(C)C)cc(Oc3ccc4c5ccccc5n(-c5cc(C)ccn5)c4c3)c2)c1. The predicted octanol–water partition coefficient (Wildman–Crippen LogP) is 10.5.